The van der Waals surface area contributed by atoms with Crippen molar-refractivity contribution in [3.8, 4) is 17.2 Å². The van der Waals surface area contributed by atoms with Gasteiger partial charge < -0.3 is 24.8 Å². The van der Waals surface area contributed by atoms with E-state index in [1.165, 1.54) is 0 Å². The second-order valence-electron chi connectivity index (χ2n) is 5.23. The predicted octanol–water partition coefficient (Wildman–Crippen LogP) is 4.42. The van der Waals surface area contributed by atoms with Crippen LogP contribution in [0.5, 0.6) is 17.2 Å². The van der Waals surface area contributed by atoms with Crippen molar-refractivity contribution in [3.63, 3.8) is 0 Å². The molecule has 6 nitrogen and oxygen atoms in total. The number of ether oxygens (including phenoxy) is 3. The minimum absolute atomic E-state index is 0.202. The summed E-state index contributed by atoms with van der Waals surface area (Å²) in [6, 6.07) is 10.4. The van der Waals surface area contributed by atoms with Crippen LogP contribution in [0.4, 0.5) is 10.5 Å². The van der Waals surface area contributed by atoms with Crippen LogP contribution in [0.15, 0.2) is 40.9 Å². The summed E-state index contributed by atoms with van der Waals surface area (Å²) >= 11 is 9.41. The molecule has 0 radical (unpaired) electrons. The van der Waals surface area contributed by atoms with Gasteiger partial charge in [-0.15, -0.1) is 0 Å². The summed E-state index contributed by atoms with van der Waals surface area (Å²) in [7, 11) is 0. The maximum atomic E-state index is 11.9. The van der Waals surface area contributed by atoms with Gasteiger partial charge >= 0.3 is 6.03 Å². The number of urea groups is 1. The van der Waals surface area contributed by atoms with Gasteiger partial charge in [0.1, 0.15) is 5.75 Å². The first-order valence-electron chi connectivity index (χ1n) is 7.64. The van der Waals surface area contributed by atoms with Gasteiger partial charge in [0.05, 0.1) is 11.6 Å². The predicted molar refractivity (Wildman–Crippen MR) is 98.9 cm³/mol. The van der Waals surface area contributed by atoms with Crippen molar-refractivity contribution in [1.29, 1.82) is 0 Å². The molecule has 2 aromatic rings. The van der Waals surface area contributed by atoms with Crippen LogP contribution < -0.4 is 24.8 Å². The van der Waals surface area contributed by atoms with Crippen molar-refractivity contribution >= 4 is 39.2 Å². The number of halogens is 2. The van der Waals surface area contributed by atoms with Gasteiger partial charge in [0.25, 0.3) is 0 Å². The lowest BCUT2D eigenvalue weighted by molar-refractivity contribution is 0.174. The number of benzene rings is 2. The molecule has 2 N–H and O–H groups in total. The van der Waals surface area contributed by atoms with Crippen LogP contribution >= 0.6 is 27.5 Å². The Morgan fingerprint density at radius 1 is 1.20 bits per heavy atom. The first-order chi connectivity index (χ1) is 12.1. The Kier molecular flexibility index (Phi) is 5.88. The quantitative estimate of drug-likeness (QED) is 0.670. The van der Waals surface area contributed by atoms with Crippen LogP contribution in [0.1, 0.15) is 6.42 Å². The van der Waals surface area contributed by atoms with Crippen molar-refractivity contribution in [2.75, 3.05) is 25.3 Å². The number of amides is 2. The van der Waals surface area contributed by atoms with Crippen LogP contribution in [0.3, 0.4) is 0 Å². The topological polar surface area (TPSA) is 68.8 Å². The highest BCUT2D eigenvalue weighted by molar-refractivity contribution is 9.10. The van der Waals surface area contributed by atoms with Gasteiger partial charge in [0, 0.05) is 22.8 Å². The van der Waals surface area contributed by atoms with E-state index >= 15 is 0 Å². The summed E-state index contributed by atoms with van der Waals surface area (Å²) in [5.74, 6) is 1.92. The third-order valence-electron chi connectivity index (χ3n) is 3.39. The van der Waals surface area contributed by atoms with Gasteiger partial charge in [-0.25, -0.2) is 4.79 Å². The van der Waals surface area contributed by atoms with Crippen LogP contribution in [0.25, 0.3) is 0 Å². The van der Waals surface area contributed by atoms with Crippen LogP contribution in [0, 0.1) is 0 Å². The number of carbonyl (C=O) groups is 1. The van der Waals surface area contributed by atoms with Gasteiger partial charge in [-0.05, 0) is 36.8 Å². The van der Waals surface area contributed by atoms with Crippen LogP contribution in [0.2, 0.25) is 5.02 Å². The molecular weight excluding hydrogens is 412 g/mol. The molecule has 0 saturated carbocycles. The summed E-state index contributed by atoms with van der Waals surface area (Å²) < 4.78 is 17.0. The van der Waals surface area contributed by atoms with E-state index in [0.717, 1.165) is 4.47 Å². The first kappa shape index (κ1) is 17.7. The second kappa shape index (κ2) is 8.31. The molecular formula is C17H16BrClN2O4. The maximum absolute atomic E-state index is 11.9. The Morgan fingerprint density at radius 3 is 2.88 bits per heavy atom. The number of carbonyl (C=O) groups excluding carboxylic acids is 1. The third-order valence-corrected chi connectivity index (χ3v) is 4.18. The number of hydrogen-bond acceptors (Lipinski definition) is 4. The zero-order valence-corrected chi connectivity index (χ0v) is 15.5. The van der Waals surface area contributed by atoms with E-state index < -0.39 is 0 Å². The average molecular weight is 428 g/mol. The fourth-order valence-electron chi connectivity index (χ4n) is 2.20. The van der Waals surface area contributed by atoms with E-state index in [2.05, 4.69) is 26.6 Å². The van der Waals surface area contributed by atoms with Crippen molar-refractivity contribution in [2.45, 2.75) is 6.42 Å². The van der Waals surface area contributed by atoms with Crippen molar-refractivity contribution < 1.29 is 19.0 Å². The second-order valence-corrected chi connectivity index (χ2v) is 6.55. The molecule has 0 spiro atoms. The summed E-state index contributed by atoms with van der Waals surface area (Å²) in [5, 5.41) is 6.05. The number of anilines is 1. The van der Waals surface area contributed by atoms with Crippen molar-refractivity contribution in [1.82, 2.24) is 5.32 Å². The lowest BCUT2D eigenvalue weighted by atomic mass is 10.3. The highest BCUT2D eigenvalue weighted by atomic mass is 79.9. The van der Waals surface area contributed by atoms with Gasteiger partial charge in [-0.3, -0.25) is 0 Å². The minimum Gasteiger partial charge on any atom is -0.492 e. The minimum atomic E-state index is -0.291. The molecule has 2 amide bonds. The molecule has 1 aliphatic rings. The smallest absolute Gasteiger partial charge is 0.319 e. The van der Waals surface area contributed by atoms with Gasteiger partial charge in [-0.1, -0.05) is 27.5 Å². The SMILES string of the molecule is O=C(NCCCOc1ccc(Br)cc1Cl)Nc1ccc2c(c1)OCO2. The molecule has 1 heterocycles. The van der Waals surface area contributed by atoms with E-state index in [-0.39, 0.29) is 12.8 Å². The summed E-state index contributed by atoms with van der Waals surface area (Å²) in [6.45, 7) is 1.13. The van der Waals surface area contributed by atoms with Crippen LogP contribution in [-0.4, -0.2) is 26.0 Å². The van der Waals surface area contributed by atoms with E-state index in [1.807, 2.05) is 6.07 Å². The Labute approximate surface area is 158 Å². The molecule has 132 valence electrons. The van der Waals surface area contributed by atoms with Crippen LogP contribution in [-0.2, 0) is 0 Å². The molecule has 1 aliphatic heterocycles. The Morgan fingerprint density at radius 2 is 2.04 bits per heavy atom. The van der Waals surface area contributed by atoms with Gasteiger partial charge in [0.2, 0.25) is 6.79 Å². The average Bonchev–Trinajstić information content (AvgIpc) is 3.04. The lowest BCUT2D eigenvalue weighted by Crippen LogP contribution is -2.30. The molecule has 0 aliphatic carbocycles. The number of hydrogen-bond donors (Lipinski definition) is 2. The Balaban J connectivity index is 1.36. The molecule has 2 aromatic carbocycles. The van der Waals surface area contributed by atoms with Gasteiger partial charge in [-0.2, -0.15) is 0 Å². The van der Waals surface area contributed by atoms with E-state index in [1.54, 1.807) is 30.3 Å². The monoisotopic (exact) mass is 426 g/mol. The molecule has 0 aromatic heterocycles. The summed E-state index contributed by atoms with van der Waals surface area (Å²) in [4.78, 5) is 11.9. The molecule has 0 fully saturated rings. The molecule has 8 heteroatoms. The van der Waals surface area contributed by atoms with E-state index in [4.69, 9.17) is 25.8 Å². The van der Waals surface area contributed by atoms with Crippen molar-refractivity contribution in [3.05, 3.63) is 45.9 Å². The lowest BCUT2D eigenvalue weighted by Gasteiger charge is -2.10. The number of nitrogens with one attached hydrogen (secondary N) is 2. The van der Waals surface area contributed by atoms with Gasteiger partial charge in [0.15, 0.2) is 11.5 Å². The fourth-order valence-corrected chi connectivity index (χ4v) is 2.93. The highest BCUT2D eigenvalue weighted by Gasteiger charge is 2.13. The fraction of sp³-hybridized carbons (Fsp3) is 0.235. The Hall–Kier alpha value is -2.12. The number of rotatable bonds is 6. The molecule has 25 heavy (non-hydrogen) atoms. The largest absolute Gasteiger partial charge is 0.492 e. The third kappa shape index (κ3) is 4.93. The van der Waals surface area contributed by atoms with E-state index in [0.29, 0.717) is 47.5 Å². The standard InChI is InChI=1S/C17H16BrClN2O4/c18-11-2-4-14(13(19)8-11)23-7-1-6-20-17(22)21-12-3-5-15-16(9-12)25-10-24-15/h2-5,8-9H,1,6-7,10H2,(H2,20,21,22). The normalized spacial score (nSPS) is 11.9. The molecule has 3 rings (SSSR count). The highest BCUT2D eigenvalue weighted by Crippen LogP contribution is 2.34. The molecule has 0 unspecified atom stereocenters. The molecule has 0 saturated heterocycles. The molecule has 0 bridgehead atoms. The molecule has 0 atom stereocenters. The zero-order chi connectivity index (χ0) is 17.6. The summed E-state index contributed by atoms with van der Waals surface area (Å²) in [6.07, 6.45) is 0.654. The van der Waals surface area contributed by atoms with E-state index in [9.17, 15) is 4.79 Å². The Bertz CT molecular complexity index is 772. The maximum Gasteiger partial charge on any atom is 0.319 e. The summed E-state index contributed by atoms with van der Waals surface area (Å²) in [5.41, 5.74) is 0.639. The zero-order valence-electron chi connectivity index (χ0n) is 13.2. The van der Waals surface area contributed by atoms with Crippen molar-refractivity contribution in [2.24, 2.45) is 0 Å². The number of fused-ring (bicyclic) bond motifs is 1. The first-order valence-corrected chi connectivity index (χ1v) is 8.81.